The van der Waals surface area contributed by atoms with Crippen molar-refractivity contribution >= 4 is 65.0 Å². The number of aliphatic hydroxyl groups excluding tert-OH is 9. The minimum absolute atomic E-state index is 0.0485. The van der Waals surface area contributed by atoms with E-state index in [0.717, 1.165) is 12.8 Å². The van der Waals surface area contributed by atoms with Crippen molar-refractivity contribution in [1.82, 2.24) is 58.5 Å². The van der Waals surface area contributed by atoms with Gasteiger partial charge in [0.25, 0.3) is 0 Å². The first-order valence-electron chi connectivity index (χ1n) is 39.1. The first-order valence-corrected chi connectivity index (χ1v) is 39.1. The summed E-state index contributed by atoms with van der Waals surface area (Å²) < 4.78 is 52.0. The summed E-state index contributed by atoms with van der Waals surface area (Å²) in [7, 11) is 0. The SMILES string of the molecule is CCCCC(=O)NCCCCCC(=O)NC(COCCC(=O)NCCCNC(=O)CCCCOC1OC(CO)C(O)C(O)C1NC(C)=O)(COCCC(=O)NCCCNC(=O)CCCCOC1OC(CO)C(O)C(O)C1NC(C)=O)COCCC(=O)NCCCNC(=O)CCCCOC1OC(CO)C(O)C(O)C1NC(C)=O. The third-order valence-corrected chi connectivity index (χ3v) is 18.1. The molecule has 40 nitrogen and oxygen atoms in total. The number of unbranched alkanes of at least 4 members (excludes halogenated alkanes) is 6. The van der Waals surface area contributed by atoms with Crippen molar-refractivity contribution in [2.45, 2.75) is 266 Å². The molecule has 646 valence electrons. The second-order valence-corrected chi connectivity index (χ2v) is 27.9. The van der Waals surface area contributed by atoms with Gasteiger partial charge < -0.3 is 147 Å². The average molecular weight is 1610 g/mol. The molecule has 0 bridgehead atoms. The molecule has 40 heteroatoms. The molecular weight excluding hydrogens is 1480 g/mol. The molecular formula is C72H129N11O29. The Morgan fingerprint density at radius 2 is 0.571 bits per heavy atom. The van der Waals surface area contributed by atoms with E-state index in [-0.39, 0.29) is 185 Å². The summed E-state index contributed by atoms with van der Waals surface area (Å²) >= 11 is 0. The van der Waals surface area contributed by atoms with Crippen LogP contribution in [0.15, 0.2) is 0 Å². The predicted octanol–water partition coefficient (Wildman–Crippen LogP) is -5.81. The fourth-order valence-electron chi connectivity index (χ4n) is 11.9. The molecule has 3 aliphatic rings. The molecule has 15 atom stereocenters. The van der Waals surface area contributed by atoms with Crippen LogP contribution in [-0.2, 0) is 95.4 Å². The molecule has 0 saturated carbocycles. The van der Waals surface area contributed by atoms with Gasteiger partial charge >= 0.3 is 0 Å². The fraction of sp³-hybridized carbons (Fsp3) is 0.847. The highest BCUT2D eigenvalue weighted by atomic mass is 16.7. The third kappa shape index (κ3) is 41.7. The molecule has 3 rings (SSSR count). The van der Waals surface area contributed by atoms with Crippen LogP contribution in [0.2, 0.25) is 0 Å². The topological polar surface area (TPSA) is 585 Å². The van der Waals surface area contributed by atoms with E-state index in [1.54, 1.807) is 0 Å². The monoisotopic (exact) mass is 1610 g/mol. The van der Waals surface area contributed by atoms with Crippen LogP contribution < -0.4 is 58.5 Å². The molecule has 15 unspecified atom stereocenters. The molecule has 0 aliphatic carbocycles. The maximum absolute atomic E-state index is 13.9. The highest BCUT2D eigenvalue weighted by Gasteiger charge is 2.48. The van der Waals surface area contributed by atoms with Gasteiger partial charge in [-0.3, -0.25) is 52.7 Å². The molecule has 0 spiro atoms. The zero-order chi connectivity index (χ0) is 82.6. The quantitative estimate of drug-likeness (QED) is 0.0252. The lowest BCUT2D eigenvalue weighted by atomic mass is 9.97. The second-order valence-electron chi connectivity index (χ2n) is 27.9. The normalized spacial score (nSPS) is 24.1. The Bertz CT molecular complexity index is 2510. The number of hydrogen-bond donors (Lipinski definition) is 20. The number of ether oxygens (including phenoxy) is 9. The first-order chi connectivity index (χ1) is 53.7. The van der Waals surface area contributed by atoms with Gasteiger partial charge in [0.2, 0.25) is 65.0 Å². The van der Waals surface area contributed by atoms with Crippen LogP contribution >= 0.6 is 0 Å². The largest absolute Gasteiger partial charge is 0.394 e. The van der Waals surface area contributed by atoms with Crippen LogP contribution in [0.3, 0.4) is 0 Å². The van der Waals surface area contributed by atoms with Gasteiger partial charge in [-0.05, 0) is 77.0 Å². The maximum atomic E-state index is 13.9. The summed E-state index contributed by atoms with van der Waals surface area (Å²) in [6, 6.07) is -3.29. The van der Waals surface area contributed by atoms with E-state index >= 15 is 0 Å². The van der Waals surface area contributed by atoms with Crippen LogP contribution in [0.25, 0.3) is 0 Å². The minimum Gasteiger partial charge on any atom is -0.394 e. The molecule has 0 aromatic heterocycles. The van der Waals surface area contributed by atoms with Crippen molar-refractivity contribution in [2.75, 3.05) is 125 Å². The van der Waals surface area contributed by atoms with Crippen LogP contribution in [-0.4, -0.2) is 334 Å². The van der Waals surface area contributed by atoms with Gasteiger partial charge in [0.1, 0.15) is 78.6 Å². The zero-order valence-electron chi connectivity index (χ0n) is 65.3. The van der Waals surface area contributed by atoms with Gasteiger partial charge in [0, 0.05) is 138 Å². The van der Waals surface area contributed by atoms with E-state index in [2.05, 4.69) is 58.5 Å². The summed E-state index contributed by atoms with van der Waals surface area (Å²) in [6.45, 7) is 4.71. The number of amides is 11. The Hall–Kier alpha value is -6.55. The van der Waals surface area contributed by atoms with Crippen LogP contribution in [0, 0.1) is 0 Å². The number of aliphatic hydroxyl groups is 9. The Morgan fingerprint density at radius 3 is 0.848 bits per heavy atom. The molecule has 3 heterocycles. The van der Waals surface area contributed by atoms with Crippen molar-refractivity contribution in [1.29, 1.82) is 0 Å². The van der Waals surface area contributed by atoms with Crippen LogP contribution in [0.1, 0.15) is 169 Å². The Kier molecular flexibility index (Phi) is 51.9. The van der Waals surface area contributed by atoms with Gasteiger partial charge in [-0.15, -0.1) is 0 Å². The Labute approximate surface area is 654 Å². The van der Waals surface area contributed by atoms with Crippen molar-refractivity contribution in [3.63, 3.8) is 0 Å². The number of hydrogen-bond acceptors (Lipinski definition) is 29. The van der Waals surface area contributed by atoms with Crippen molar-refractivity contribution in [2.24, 2.45) is 0 Å². The summed E-state index contributed by atoms with van der Waals surface area (Å²) in [5, 5.41) is 121. The number of rotatable bonds is 61. The zero-order valence-corrected chi connectivity index (χ0v) is 65.3. The molecule has 112 heavy (non-hydrogen) atoms. The molecule has 3 aliphatic heterocycles. The second kappa shape index (κ2) is 58.3. The number of nitrogens with one attached hydrogen (secondary N) is 11. The standard InChI is InChI=1S/C72H129N11O29/c1-5-6-19-52(90)73-27-12-7-8-23-59(97)83-72(43-104-37-24-56(94)77-31-16-28-74-53(91)20-9-13-34-107-69-60(80-46(2)87)66(101)63(98)49(40-84)110-69,44-105-38-25-57(95)78-32-17-29-75-54(92)21-10-14-35-108-70-61(81-47(3)88)67(102)64(99)50(41-85)111-70)45-106-39-26-58(96)79-33-18-30-76-55(93)22-11-15-36-109-71-62(82-48(4)89)68(103)65(100)51(42-86)112-71/h49-51,60-71,84-86,98-103H,5-45H2,1-4H3,(H,73,90)(H,74,91)(H,75,92)(H,76,93)(H,77,94)(H,78,95)(H,79,96)(H,80,87)(H,81,88)(H,82,89)(H,83,97). The molecule has 3 saturated heterocycles. The maximum Gasteiger partial charge on any atom is 0.222 e. The van der Waals surface area contributed by atoms with Gasteiger partial charge in [-0.2, -0.15) is 0 Å². The lowest BCUT2D eigenvalue weighted by molar-refractivity contribution is -0.270. The van der Waals surface area contributed by atoms with Gasteiger partial charge in [-0.1, -0.05) is 19.8 Å². The van der Waals surface area contributed by atoms with Crippen molar-refractivity contribution < 1.29 is 141 Å². The fourth-order valence-corrected chi connectivity index (χ4v) is 11.9. The Balaban J connectivity index is 1.55. The highest BCUT2D eigenvalue weighted by Crippen LogP contribution is 2.26. The minimum atomic E-state index is -1.46. The predicted molar refractivity (Wildman–Crippen MR) is 396 cm³/mol. The third-order valence-electron chi connectivity index (χ3n) is 18.1. The van der Waals surface area contributed by atoms with E-state index in [1.807, 2.05) is 6.92 Å². The van der Waals surface area contributed by atoms with Crippen LogP contribution in [0.5, 0.6) is 0 Å². The van der Waals surface area contributed by atoms with Gasteiger partial charge in [0.15, 0.2) is 18.9 Å². The summed E-state index contributed by atoms with van der Waals surface area (Å²) in [4.78, 5) is 138. The van der Waals surface area contributed by atoms with E-state index in [9.17, 15) is 98.7 Å². The van der Waals surface area contributed by atoms with Crippen molar-refractivity contribution in [3.05, 3.63) is 0 Å². The van der Waals surface area contributed by atoms with Gasteiger partial charge in [0.05, 0.1) is 59.5 Å². The average Bonchev–Trinajstić information content (AvgIpc) is 0.820. The molecule has 11 amide bonds. The van der Waals surface area contributed by atoms with E-state index in [4.69, 9.17) is 42.6 Å². The Morgan fingerprint density at radius 1 is 0.312 bits per heavy atom. The van der Waals surface area contributed by atoms with E-state index in [1.165, 1.54) is 20.8 Å². The molecule has 0 radical (unpaired) electrons. The summed E-state index contributed by atoms with van der Waals surface area (Å²) in [5.74, 6) is -3.84. The highest BCUT2D eigenvalue weighted by molar-refractivity contribution is 5.79. The lowest BCUT2D eigenvalue weighted by Crippen LogP contribution is -2.64. The van der Waals surface area contributed by atoms with Gasteiger partial charge in [-0.25, -0.2) is 0 Å². The smallest absolute Gasteiger partial charge is 0.222 e. The molecule has 0 aromatic rings. The lowest BCUT2D eigenvalue weighted by Gasteiger charge is -2.42. The summed E-state index contributed by atoms with van der Waals surface area (Å²) in [5.41, 5.74) is -1.44. The molecule has 3 fully saturated rings. The van der Waals surface area contributed by atoms with E-state index < -0.39 is 141 Å². The number of carbonyl (C=O) groups excluding carboxylic acids is 11. The van der Waals surface area contributed by atoms with Crippen molar-refractivity contribution in [3.8, 4) is 0 Å². The first kappa shape index (κ1) is 99.6. The number of carbonyl (C=O) groups is 11. The molecule has 0 aromatic carbocycles. The summed E-state index contributed by atoms with van der Waals surface area (Å²) in [6.07, 6.45) is -8.25. The van der Waals surface area contributed by atoms with Crippen LogP contribution in [0.4, 0.5) is 0 Å². The van der Waals surface area contributed by atoms with E-state index in [0.29, 0.717) is 90.0 Å². The molecule has 20 N–H and O–H groups in total.